The standard InChI is InChI=1S/C18H22IN3S/c1-7-14(11-21(5)6)13(3)17-9-15-8-12(2)16(20-4)10-18(15)22(17)23-19/h1,8-10,14,20H,3,11H2,2,4-6H3. The van der Waals surface area contributed by atoms with Crippen molar-refractivity contribution < 1.29 is 0 Å². The number of aromatic nitrogens is 1. The second-order valence-corrected chi connectivity index (χ2v) is 7.56. The van der Waals surface area contributed by atoms with E-state index in [1.165, 1.54) is 16.5 Å². The van der Waals surface area contributed by atoms with Crippen LogP contribution in [0.15, 0.2) is 24.8 Å². The summed E-state index contributed by atoms with van der Waals surface area (Å²) in [6.45, 7) is 7.21. The third-order valence-corrected chi connectivity index (χ3v) is 5.65. The highest BCUT2D eigenvalue weighted by molar-refractivity contribution is 14.2. The predicted molar refractivity (Wildman–Crippen MR) is 113 cm³/mol. The molecule has 1 atom stereocenters. The molecular weight excluding hydrogens is 417 g/mol. The van der Waals surface area contributed by atoms with Crippen molar-refractivity contribution >= 4 is 52.5 Å². The lowest BCUT2D eigenvalue weighted by atomic mass is 9.98. The maximum Gasteiger partial charge on any atom is 0.0626 e. The first-order valence-electron chi connectivity index (χ1n) is 7.35. The number of halogens is 1. The zero-order valence-electron chi connectivity index (χ0n) is 14.0. The van der Waals surface area contributed by atoms with E-state index in [0.29, 0.717) is 0 Å². The molecule has 0 aliphatic heterocycles. The van der Waals surface area contributed by atoms with Gasteiger partial charge in [-0.2, -0.15) is 0 Å². The molecule has 0 saturated carbocycles. The smallest absolute Gasteiger partial charge is 0.0626 e. The Balaban J connectivity index is 2.56. The van der Waals surface area contributed by atoms with Crippen LogP contribution in [0.1, 0.15) is 11.3 Å². The Morgan fingerprint density at radius 2 is 2.17 bits per heavy atom. The van der Waals surface area contributed by atoms with Crippen LogP contribution >= 0.6 is 30.3 Å². The number of anilines is 1. The minimum Gasteiger partial charge on any atom is -0.388 e. The van der Waals surface area contributed by atoms with Crippen molar-refractivity contribution in [1.82, 2.24) is 8.87 Å². The summed E-state index contributed by atoms with van der Waals surface area (Å²) in [6, 6.07) is 6.58. The molecule has 1 N–H and O–H groups in total. The van der Waals surface area contributed by atoms with Gasteiger partial charge in [0.2, 0.25) is 0 Å². The largest absolute Gasteiger partial charge is 0.388 e. The summed E-state index contributed by atoms with van der Waals surface area (Å²) in [5.74, 6) is 2.88. The SMILES string of the molecule is C#CC(CN(C)C)C(=C)c1cc2cc(C)c(NC)cc2n1SI. The lowest BCUT2D eigenvalue weighted by Gasteiger charge is -2.19. The average molecular weight is 439 g/mol. The van der Waals surface area contributed by atoms with Gasteiger partial charge in [-0.1, -0.05) is 12.5 Å². The summed E-state index contributed by atoms with van der Waals surface area (Å²) in [7, 11) is 7.66. The van der Waals surface area contributed by atoms with Crippen molar-refractivity contribution in [2.24, 2.45) is 5.92 Å². The minimum absolute atomic E-state index is 0.00137. The van der Waals surface area contributed by atoms with Gasteiger partial charge in [-0.15, -0.1) is 6.42 Å². The molecule has 0 aliphatic carbocycles. The van der Waals surface area contributed by atoms with Crippen LogP contribution in [0.25, 0.3) is 16.5 Å². The van der Waals surface area contributed by atoms with Crippen LogP contribution in [0, 0.1) is 25.2 Å². The summed E-state index contributed by atoms with van der Waals surface area (Å²) in [5.41, 5.74) is 5.63. The van der Waals surface area contributed by atoms with E-state index in [4.69, 9.17) is 6.42 Å². The molecule has 0 fully saturated rings. The number of hydrogen-bond donors (Lipinski definition) is 1. The molecule has 23 heavy (non-hydrogen) atoms. The molecule has 0 bridgehead atoms. The van der Waals surface area contributed by atoms with Crippen LogP contribution in [-0.2, 0) is 0 Å². The molecule has 0 amide bonds. The van der Waals surface area contributed by atoms with Crippen molar-refractivity contribution in [1.29, 1.82) is 0 Å². The first-order chi connectivity index (χ1) is 10.9. The average Bonchev–Trinajstić information content (AvgIpc) is 2.87. The quantitative estimate of drug-likeness (QED) is 0.522. The number of hydrogen-bond acceptors (Lipinski definition) is 3. The Morgan fingerprint density at radius 1 is 1.48 bits per heavy atom. The first kappa shape index (κ1) is 18.2. The Hall–Kier alpha value is -1.10. The summed E-state index contributed by atoms with van der Waals surface area (Å²) in [4.78, 5) is 2.10. The van der Waals surface area contributed by atoms with Crippen LogP contribution in [0.3, 0.4) is 0 Å². The Labute approximate surface area is 155 Å². The molecule has 2 rings (SSSR count). The van der Waals surface area contributed by atoms with E-state index in [2.05, 4.69) is 73.0 Å². The normalized spacial score (nSPS) is 12.4. The van der Waals surface area contributed by atoms with Crippen molar-refractivity contribution in [2.45, 2.75) is 6.92 Å². The number of terminal acetylenes is 1. The number of nitrogens with zero attached hydrogens (tertiary/aromatic N) is 2. The molecule has 0 aliphatic rings. The molecule has 122 valence electrons. The highest BCUT2D eigenvalue weighted by Crippen LogP contribution is 2.36. The van der Waals surface area contributed by atoms with Gasteiger partial charge >= 0.3 is 0 Å². The summed E-state index contributed by atoms with van der Waals surface area (Å²) < 4.78 is 2.21. The van der Waals surface area contributed by atoms with Crippen molar-refractivity contribution in [3.8, 4) is 12.3 Å². The fourth-order valence-corrected chi connectivity index (χ4v) is 4.47. The number of aryl methyl sites for hydroxylation is 1. The van der Waals surface area contributed by atoms with Crippen LogP contribution in [0.5, 0.6) is 0 Å². The monoisotopic (exact) mass is 439 g/mol. The summed E-state index contributed by atoms with van der Waals surface area (Å²) in [6.07, 6.45) is 5.75. The minimum atomic E-state index is 0.00137. The number of rotatable bonds is 6. The van der Waals surface area contributed by atoms with E-state index < -0.39 is 0 Å². The van der Waals surface area contributed by atoms with Crippen LogP contribution in [0.4, 0.5) is 5.69 Å². The lowest BCUT2D eigenvalue weighted by Crippen LogP contribution is -2.21. The number of nitrogens with one attached hydrogen (secondary N) is 1. The summed E-state index contributed by atoms with van der Waals surface area (Å²) in [5, 5.41) is 4.46. The predicted octanol–water partition coefficient (Wildman–Crippen LogP) is 4.66. The molecule has 0 spiro atoms. The van der Waals surface area contributed by atoms with Crippen LogP contribution in [-0.4, -0.2) is 36.6 Å². The van der Waals surface area contributed by atoms with Gasteiger partial charge in [0.1, 0.15) is 0 Å². The summed E-state index contributed by atoms with van der Waals surface area (Å²) >= 11 is 2.31. The van der Waals surface area contributed by atoms with Gasteiger partial charge in [-0.3, -0.25) is 3.97 Å². The molecule has 1 aromatic heterocycles. The van der Waals surface area contributed by atoms with E-state index in [9.17, 15) is 0 Å². The maximum absolute atomic E-state index is 5.75. The number of benzene rings is 1. The van der Waals surface area contributed by atoms with Gasteiger partial charge in [0.05, 0.1) is 17.1 Å². The lowest BCUT2D eigenvalue weighted by molar-refractivity contribution is 0.394. The second kappa shape index (κ2) is 7.65. The van der Waals surface area contributed by atoms with E-state index in [1.807, 2.05) is 21.1 Å². The zero-order chi connectivity index (χ0) is 17.1. The van der Waals surface area contributed by atoms with E-state index in [-0.39, 0.29) is 5.92 Å². The third-order valence-electron chi connectivity index (χ3n) is 3.94. The fourth-order valence-electron chi connectivity index (χ4n) is 2.72. The molecule has 3 nitrogen and oxygen atoms in total. The molecule has 5 heteroatoms. The van der Waals surface area contributed by atoms with Gasteiger partial charge in [0, 0.05) is 55.0 Å². The van der Waals surface area contributed by atoms with Gasteiger partial charge in [-0.25, -0.2) is 0 Å². The molecule has 2 aromatic rings. The van der Waals surface area contributed by atoms with Gasteiger partial charge in [0.25, 0.3) is 0 Å². The number of fused-ring (bicyclic) bond motifs is 1. The Morgan fingerprint density at radius 3 is 2.70 bits per heavy atom. The molecule has 0 saturated heterocycles. The van der Waals surface area contributed by atoms with E-state index in [0.717, 1.165) is 23.5 Å². The van der Waals surface area contributed by atoms with Crippen molar-refractivity contribution in [3.05, 3.63) is 36.0 Å². The van der Waals surface area contributed by atoms with Gasteiger partial charge < -0.3 is 10.2 Å². The highest BCUT2D eigenvalue weighted by atomic mass is 127. The molecule has 1 aromatic carbocycles. The molecular formula is C18H22IN3S. The van der Waals surface area contributed by atoms with Crippen molar-refractivity contribution in [2.75, 3.05) is 33.0 Å². The van der Waals surface area contributed by atoms with Crippen molar-refractivity contribution in [3.63, 3.8) is 0 Å². The van der Waals surface area contributed by atoms with Gasteiger partial charge in [0.15, 0.2) is 0 Å². The van der Waals surface area contributed by atoms with E-state index in [1.54, 1.807) is 9.12 Å². The Kier molecular flexibility index (Phi) is 6.06. The molecule has 0 radical (unpaired) electrons. The third kappa shape index (κ3) is 3.70. The van der Waals surface area contributed by atoms with Crippen LogP contribution in [0.2, 0.25) is 0 Å². The Bertz CT molecular complexity index is 771. The topological polar surface area (TPSA) is 20.2 Å². The first-order valence-corrected chi connectivity index (χ1v) is 10.7. The molecule has 1 heterocycles. The van der Waals surface area contributed by atoms with E-state index >= 15 is 0 Å². The van der Waals surface area contributed by atoms with Gasteiger partial charge in [-0.05, 0) is 50.4 Å². The second-order valence-electron chi connectivity index (χ2n) is 5.88. The zero-order valence-corrected chi connectivity index (χ0v) is 17.0. The highest BCUT2D eigenvalue weighted by Gasteiger charge is 2.19. The molecule has 1 unspecified atom stereocenters. The van der Waals surface area contributed by atoms with Crippen LogP contribution < -0.4 is 5.32 Å². The maximum atomic E-state index is 5.75. The fraction of sp³-hybridized carbons (Fsp3) is 0.333.